The Labute approximate surface area is 140 Å². The zero-order valence-electron chi connectivity index (χ0n) is 15.2. The van der Waals surface area contributed by atoms with Crippen LogP contribution in [0.3, 0.4) is 0 Å². The fourth-order valence-corrected chi connectivity index (χ4v) is 3.42. The summed E-state index contributed by atoms with van der Waals surface area (Å²) < 4.78 is 5.73. The predicted molar refractivity (Wildman–Crippen MR) is 96.1 cm³/mol. The van der Waals surface area contributed by atoms with E-state index in [2.05, 4.69) is 58.1 Å². The fraction of sp³-hybridized carbons (Fsp3) is 0.650. The van der Waals surface area contributed by atoms with Gasteiger partial charge in [0.15, 0.2) is 0 Å². The number of ether oxygens (including phenoxy) is 1. The number of hydrogen-bond donors (Lipinski definition) is 1. The number of amides is 1. The monoisotopic (exact) mass is 317 g/mol. The van der Waals surface area contributed by atoms with Gasteiger partial charge in [0.1, 0.15) is 6.10 Å². The first kappa shape index (κ1) is 17.8. The van der Waals surface area contributed by atoms with Gasteiger partial charge in [0.2, 0.25) is 0 Å². The van der Waals surface area contributed by atoms with Gasteiger partial charge in [-0.1, -0.05) is 59.2 Å². The Morgan fingerprint density at radius 1 is 1.09 bits per heavy atom. The van der Waals surface area contributed by atoms with Crippen LogP contribution in [0.1, 0.15) is 83.3 Å². The van der Waals surface area contributed by atoms with Crippen LogP contribution >= 0.6 is 0 Å². The Morgan fingerprint density at radius 3 is 2.17 bits per heavy atom. The van der Waals surface area contributed by atoms with Crippen molar-refractivity contribution in [2.24, 2.45) is 5.92 Å². The van der Waals surface area contributed by atoms with Crippen molar-refractivity contribution in [3.63, 3.8) is 0 Å². The third kappa shape index (κ3) is 4.49. The van der Waals surface area contributed by atoms with Gasteiger partial charge in [-0.2, -0.15) is 0 Å². The van der Waals surface area contributed by atoms with Gasteiger partial charge in [-0.25, -0.2) is 4.79 Å². The van der Waals surface area contributed by atoms with Crippen LogP contribution in [0, 0.1) is 5.92 Å². The quantitative estimate of drug-likeness (QED) is 0.733. The second-order valence-electron chi connectivity index (χ2n) is 7.45. The summed E-state index contributed by atoms with van der Waals surface area (Å²) >= 11 is 0. The highest BCUT2D eigenvalue weighted by Crippen LogP contribution is 2.33. The Hall–Kier alpha value is -1.51. The maximum absolute atomic E-state index is 12.4. The van der Waals surface area contributed by atoms with Crippen LogP contribution in [0.25, 0.3) is 0 Å². The molecule has 3 nitrogen and oxygen atoms in total. The maximum atomic E-state index is 12.4. The lowest BCUT2D eigenvalue weighted by atomic mass is 9.88. The van der Waals surface area contributed by atoms with Crippen molar-refractivity contribution in [1.29, 1.82) is 0 Å². The van der Waals surface area contributed by atoms with E-state index in [1.165, 1.54) is 17.5 Å². The summed E-state index contributed by atoms with van der Waals surface area (Å²) in [5, 5.41) is 3.05. The van der Waals surface area contributed by atoms with Crippen molar-refractivity contribution >= 4 is 11.8 Å². The molecule has 0 aliphatic heterocycles. The van der Waals surface area contributed by atoms with Gasteiger partial charge < -0.3 is 4.74 Å². The van der Waals surface area contributed by atoms with Crippen molar-refractivity contribution in [2.45, 2.75) is 78.2 Å². The van der Waals surface area contributed by atoms with E-state index >= 15 is 0 Å². The summed E-state index contributed by atoms with van der Waals surface area (Å²) in [5.41, 5.74) is 3.28. The molecule has 1 aromatic carbocycles. The van der Waals surface area contributed by atoms with Crippen LogP contribution in [-0.2, 0) is 4.74 Å². The molecule has 1 aliphatic rings. The first-order valence-electron chi connectivity index (χ1n) is 9.00. The highest BCUT2D eigenvalue weighted by Gasteiger charge is 2.25. The SMILES string of the molecule is CC(C)c1cccc(C(C)C)c1NC(=O)O[C@@H]1CCCC[C@H]1C. The van der Waals surface area contributed by atoms with Crippen molar-refractivity contribution in [3.05, 3.63) is 29.3 Å². The molecule has 0 unspecified atom stereocenters. The second-order valence-corrected chi connectivity index (χ2v) is 7.45. The summed E-state index contributed by atoms with van der Waals surface area (Å²) in [7, 11) is 0. The lowest BCUT2D eigenvalue weighted by molar-refractivity contribution is 0.0524. The Balaban J connectivity index is 2.16. The Kier molecular flexibility index (Phi) is 6.09. The van der Waals surface area contributed by atoms with E-state index in [1.807, 2.05) is 0 Å². The highest BCUT2D eigenvalue weighted by atomic mass is 16.6. The molecular weight excluding hydrogens is 286 g/mol. The smallest absolute Gasteiger partial charge is 0.411 e. The van der Waals surface area contributed by atoms with Gasteiger partial charge in [-0.05, 0) is 48.1 Å². The minimum atomic E-state index is -0.307. The largest absolute Gasteiger partial charge is 0.446 e. The van der Waals surface area contributed by atoms with Crippen molar-refractivity contribution in [1.82, 2.24) is 0 Å². The van der Waals surface area contributed by atoms with E-state index in [9.17, 15) is 4.79 Å². The van der Waals surface area contributed by atoms with Crippen LogP contribution in [0.15, 0.2) is 18.2 Å². The van der Waals surface area contributed by atoms with E-state index in [0.717, 1.165) is 24.9 Å². The van der Waals surface area contributed by atoms with E-state index in [-0.39, 0.29) is 12.2 Å². The fourth-order valence-electron chi connectivity index (χ4n) is 3.42. The lowest BCUT2D eigenvalue weighted by Gasteiger charge is -2.29. The Morgan fingerprint density at radius 2 is 1.65 bits per heavy atom. The molecule has 0 radical (unpaired) electrons. The number of rotatable bonds is 4. The van der Waals surface area contributed by atoms with Gasteiger partial charge in [-0.15, -0.1) is 0 Å². The number of para-hydroxylation sites is 1. The van der Waals surface area contributed by atoms with Crippen molar-refractivity contribution in [3.8, 4) is 0 Å². The van der Waals surface area contributed by atoms with E-state index in [0.29, 0.717) is 17.8 Å². The molecule has 0 spiro atoms. The van der Waals surface area contributed by atoms with E-state index in [4.69, 9.17) is 4.74 Å². The third-order valence-electron chi connectivity index (χ3n) is 4.89. The normalized spacial score (nSPS) is 21.5. The van der Waals surface area contributed by atoms with Gasteiger partial charge in [0.25, 0.3) is 0 Å². The molecule has 1 aromatic rings. The molecule has 1 N–H and O–H groups in total. The molecule has 23 heavy (non-hydrogen) atoms. The van der Waals surface area contributed by atoms with Crippen molar-refractivity contribution < 1.29 is 9.53 Å². The first-order chi connectivity index (χ1) is 10.9. The molecule has 128 valence electrons. The zero-order valence-corrected chi connectivity index (χ0v) is 15.2. The summed E-state index contributed by atoms with van der Waals surface area (Å²) in [6.45, 7) is 10.8. The van der Waals surface area contributed by atoms with Crippen LogP contribution in [0.4, 0.5) is 10.5 Å². The van der Waals surface area contributed by atoms with Gasteiger partial charge >= 0.3 is 6.09 Å². The Bertz CT molecular complexity index is 510. The first-order valence-corrected chi connectivity index (χ1v) is 9.00. The molecule has 0 saturated heterocycles. The number of benzene rings is 1. The lowest BCUT2D eigenvalue weighted by Crippen LogP contribution is -2.30. The average molecular weight is 317 g/mol. The third-order valence-corrected chi connectivity index (χ3v) is 4.89. The molecule has 2 atom stereocenters. The molecule has 1 saturated carbocycles. The van der Waals surface area contributed by atoms with Crippen LogP contribution in [-0.4, -0.2) is 12.2 Å². The average Bonchev–Trinajstić information content (AvgIpc) is 2.49. The minimum Gasteiger partial charge on any atom is -0.446 e. The molecule has 1 aliphatic carbocycles. The summed E-state index contributed by atoms with van der Waals surface area (Å²) in [5.74, 6) is 1.18. The number of hydrogen-bond acceptors (Lipinski definition) is 2. The van der Waals surface area contributed by atoms with Gasteiger partial charge in [0.05, 0.1) is 5.69 Å². The number of nitrogens with one attached hydrogen (secondary N) is 1. The number of carbonyl (C=O) groups excluding carboxylic acids is 1. The molecule has 2 rings (SSSR count). The van der Waals surface area contributed by atoms with Gasteiger partial charge in [0, 0.05) is 0 Å². The minimum absolute atomic E-state index is 0.0532. The number of anilines is 1. The summed E-state index contributed by atoms with van der Waals surface area (Å²) in [4.78, 5) is 12.4. The van der Waals surface area contributed by atoms with E-state index < -0.39 is 0 Å². The van der Waals surface area contributed by atoms with E-state index in [1.54, 1.807) is 0 Å². The van der Waals surface area contributed by atoms with Crippen LogP contribution in [0.2, 0.25) is 0 Å². The zero-order chi connectivity index (χ0) is 17.0. The molecule has 0 aromatic heterocycles. The highest BCUT2D eigenvalue weighted by molar-refractivity contribution is 5.87. The molecule has 1 amide bonds. The number of carbonyl (C=O) groups is 1. The van der Waals surface area contributed by atoms with Crippen molar-refractivity contribution in [2.75, 3.05) is 5.32 Å². The predicted octanol–water partition coefficient (Wildman–Crippen LogP) is 6.06. The van der Waals surface area contributed by atoms with Crippen LogP contribution < -0.4 is 5.32 Å². The second kappa shape index (κ2) is 7.85. The molecule has 0 bridgehead atoms. The topological polar surface area (TPSA) is 38.3 Å². The standard InChI is InChI=1S/C20H31NO2/c1-13(2)16-10-8-11-17(14(3)4)19(16)21-20(22)23-18-12-7-6-9-15(18)5/h8,10-11,13-15,18H,6-7,9,12H2,1-5H3,(H,21,22)/t15-,18-/m1/s1. The molecule has 0 heterocycles. The molecule has 1 fully saturated rings. The summed E-state index contributed by atoms with van der Waals surface area (Å²) in [6.07, 6.45) is 4.28. The van der Waals surface area contributed by atoms with Gasteiger partial charge in [-0.3, -0.25) is 5.32 Å². The summed E-state index contributed by atoms with van der Waals surface area (Å²) in [6, 6.07) is 6.26. The molecule has 3 heteroatoms. The van der Waals surface area contributed by atoms with Crippen LogP contribution in [0.5, 0.6) is 0 Å². The molecular formula is C20H31NO2. The maximum Gasteiger partial charge on any atom is 0.411 e.